The first-order valence-electron chi connectivity index (χ1n) is 6.46. The predicted octanol–water partition coefficient (Wildman–Crippen LogP) is 3.40. The number of likely N-dealkylation sites (tertiary alicyclic amines) is 1. The van der Waals surface area contributed by atoms with Gasteiger partial charge in [0, 0.05) is 19.6 Å². The molecular weight excluding hydrogens is 170 g/mol. The number of hydrogen-bond donors (Lipinski definition) is 0. The van der Waals surface area contributed by atoms with Crippen LogP contribution in [0.4, 0.5) is 0 Å². The van der Waals surface area contributed by atoms with Crippen LogP contribution in [0.2, 0.25) is 0 Å². The van der Waals surface area contributed by atoms with Gasteiger partial charge in [0.2, 0.25) is 0 Å². The van der Waals surface area contributed by atoms with Crippen LogP contribution in [0.1, 0.15) is 47.0 Å². The zero-order valence-electron chi connectivity index (χ0n) is 10.4. The molecule has 1 heterocycles. The van der Waals surface area contributed by atoms with Crippen molar-refractivity contribution in [3.8, 4) is 0 Å². The molecule has 0 spiro atoms. The fourth-order valence-corrected chi connectivity index (χ4v) is 2.61. The molecule has 0 amide bonds. The Kier molecular flexibility index (Phi) is 4.94. The van der Waals surface area contributed by atoms with Crippen LogP contribution < -0.4 is 0 Å². The number of hydrogen-bond acceptors (Lipinski definition) is 1. The van der Waals surface area contributed by atoms with E-state index in [9.17, 15) is 0 Å². The van der Waals surface area contributed by atoms with Gasteiger partial charge in [-0.25, -0.2) is 0 Å². The molecule has 0 radical (unpaired) electrons. The summed E-state index contributed by atoms with van der Waals surface area (Å²) in [5.74, 6) is 2.95. The highest BCUT2D eigenvalue weighted by Gasteiger charge is 2.28. The highest BCUT2D eigenvalue weighted by molar-refractivity contribution is 4.81. The Bertz CT molecular complexity index is 139. The Labute approximate surface area is 89.9 Å². The lowest BCUT2D eigenvalue weighted by Crippen LogP contribution is -2.39. The largest absolute Gasteiger partial charge is 0.303 e. The Morgan fingerprint density at radius 2 is 1.50 bits per heavy atom. The maximum Gasteiger partial charge on any atom is 0.000989 e. The molecule has 2 atom stereocenters. The average Bonchev–Trinajstić information content (AvgIpc) is 2.90. The van der Waals surface area contributed by atoms with Gasteiger partial charge in [0.15, 0.2) is 0 Å². The molecule has 0 aromatic carbocycles. The Balaban J connectivity index is 0.000000461. The van der Waals surface area contributed by atoms with Crippen molar-refractivity contribution in [3.05, 3.63) is 0 Å². The predicted molar refractivity (Wildman–Crippen MR) is 63.5 cm³/mol. The van der Waals surface area contributed by atoms with Crippen LogP contribution in [0.15, 0.2) is 0 Å². The van der Waals surface area contributed by atoms with E-state index < -0.39 is 0 Å². The van der Waals surface area contributed by atoms with Gasteiger partial charge < -0.3 is 4.90 Å². The molecule has 0 bridgehead atoms. The molecule has 2 unspecified atom stereocenters. The second-order valence-electron chi connectivity index (χ2n) is 5.11. The molecule has 1 saturated carbocycles. The van der Waals surface area contributed by atoms with Crippen molar-refractivity contribution in [2.45, 2.75) is 47.0 Å². The lowest BCUT2D eigenvalue weighted by atomic mass is 9.92. The number of piperidine rings is 1. The minimum absolute atomic E-state index is 0.937. The molecule has 0 aromatic rings. The summed E-state index contributed by atoms with van der Waals surface area (Å²) in [5, 5.41) is 0. The summed E-state index contributed by atoms with van der Waals surface area (Å²) >= 11 is 0. The quantitative estimate of drug-likeness (QED) is 0.656. The van der Waals surface area contributed by atoms with Crippen molar-refractivity contribution >= 4 is 0 Å². The van der Waals surface area contributed by atoms with Gasteiger partial charge in [-0.3, -0.25) is 0 Å². The van der Waals surface area contributed by atoms with E-state index in [0.717, 1.165) is 17.8 Å². The number of rotatable bonds is 2. The Morgan fingerprint density at radius 3 is 1.93 bits per heavy atom. The van der Waals surface area contributed by atoms with Gasteiger partial charge in [0.1, 0.15) is 0 Å². The molecule has 2 rings (SSSR count). The first-order valence-corrected chi connectivity index (χ1v) is 6.46. The van der Waals surface area contributed by atoms with Crippen LogP contribution in [0.3, 0.4) is 0 Å². The lowest BCUT2D eigenvalue weighted by Gasteiger charge is -2.34. The van der Waals surface area contributed by atoms with Gasteiger partial charge in [-0.2, -0.15) is 0 Å². The van der Waals surface area contributed by atoms with Crippen molar-refractivity contribution in [2.75, 3.05) is 19.6 Å². The summed E-state index contributed by atoms with van der Waals surface area (Å²) in [5.41, 5.74) is 0. The summed E-state index contributed by atoms with van der Waals surface area (Å²) in [6, 6.07) is 0. The monoisotopic (exact) mass is 197 g/mol. The molecule has 0 aromatic heterocycles. The van der Waals surface area contributed by atoms with Crippen molar-refractivity contribution in [1.29, 1.82) is 0 Å². The van der Waals surface area contributed by atoms with E-state index in [2.05, 4.69) is 18.7 Å². The summed E-state index contributed by atoms with van der Waals surface area (Å²) in [7, 11) is 0. The molecule has 1 heteroatoms. The summed E-state index contributed by atoms with van der Waals surface area (Å²) < 4.78 is 0. The Morgan fingerprint density at radius 1 is 1.00 bits per heavy atom. The molecular formula is C13H27N. The van der Waals surface area contributed by atoms with Crippen LogP contribution in [0.5, 0.6) is 0 Å². The van der Waals surface area contributed by atoms with Crippen LogP contribution in [-0.4, -0.2) is 24.5 Å². The molecule has 1 nitrogen and oxygen atoms in total. The molecule has 84 valence electrons. The minimum atomic E-state index is 0.937. The molecule has 2 fully saturated rings. The van der Waals surface area contributed by atoms with Gasteiger partial charge in [0.05, 0.1) is 0 Å². The average molecular weight is 197 g/mol. The fourth-order valence-electron chi connectivity index (χ4n) is 2.61. The summed E-state index contributed by atoms with van der Waals surface area (Å²) in [4.78, 5) is 2.69. The third-order valence-electron chi connectivity index (χ3n) is 3.16. The van der Waals surface area contributed by atoms with Gasteiger partial charge in [-0.05, 0) is 37.0 Å². The topological polar surface area (TPSA) is 3.24 Å². The third kappa shape index (κ3) is 4.00. The summed E-state index contributed by atoms with van der Waals surface area (Å²) in [6.45, 7) is 12.9. The van der Waals surface area contributed by atoms with Gasteiger partial charge in [-0.15, -0.1) is 0 Å². The van der Waals surface area contributed by atoms with Crippen molar-refractivity contribution in [3.63, 3.8) is 0 Å². The normalized spacial score (nSPS) is 33.4. The molecule has 0 N–H and O–H groups in total. The standard InChI is InChI=1S/C11H21N.C2H6/c1-9-5-10(2)7-12(6-9)8-11-3-4-11;1-2/h9-11H,3-8H2,1-2H3;1-2H3. The van der Waals surface area contributed by atoms with Gasteiger partial charge in [-0.1, -0.05) is 27.7 Å². The van der Waals surface area contributed by atoms with E-state index in [-0.39, 0.29) is 0 Å². The Hall–Kier alpha value is -0.0400. The second-order valence-corrected chi connectivity index (χ2v) is 5.11. The van der Waals surface area contributed by atoms with Crippen LogP contribution in [0, 0.1) is 17.8 Å². The van der Waals surface area contributed by atoms with Gasteiger partial charge >= 0.3 is 0 Å². The maximum absolute atomic E-state index is 2.69. The molecule has 1 aliphatic heterocycles. The van der Waals surface area contributed by atoms with E-state index in [0.29, 0.717) is 0 Å². The zero-order chi connectivity index (χ0) is 10.6. The van der Waals surface area contributed by atoms with E-state index in [1.807, 2.05) is 13.8 Å². The smallest absolute Gasteiger partial charge is 0.000989 e. The zero-order valence-corrected chi connectivity index (χ0v) is 10.4. The van der Waals surface area contributed by atoms with Crippen molar-refractivity contribution in [1.82, 2.24) is 4.90 Å². The van der Waals surface area contributed by atoms with E-state index >= 15 is 0 Å². The highest BCUT2D eigenvalue weighted by atomic mass is 15.1. The van der Waals surface area contributed by atoms with Crippen LogP contribution in [0.25, 0.3) is 0 Å². The SMILES string of the molecule is CC.CC1CC(C)CN(CC2CC2)C1. The molecule has 1 saturated heterocycles. The van der Waals surface area contributed by atoms with Gasteiger partial charge in [0.25, 0.3) is 0 Å². The fraction of sp³-hybridized carbons (Fsp3) is 1.00. The van der Waals surface area contributed by atoms with Crippen LogP contribution in [-0.2, 0) is 0 Å². The van der Waals surface area contributed by atoms with E-state index in [1.54, 1.807) is 0 Å². The van der Waals surface area contributed by atoms with Crippen molar-refractivity contribution < 1.29 is 0 Å². The van der Waals surface area contributed by atoms with Crippen molar-refractivity contribution in [2.24, 2.45) is 17.8 Å². The summed E-state index contributed by atoms with van der Waals surface area (Å²) in [6.07, 6.45) is 4.44. The third-order valence-corrected chi connectivity index (χ3v) is 3.16. The lowest BCUT2D eigenvalue weighted by molar-refractivity contribution is 0.136. The minimum Gasteiger partial charge on any atom is -0.303 e. The number of nitrogens with zero attached hydrogens (tertiary/aromatic N) is 1. The van der Waals surface area contributed by atoms with Crippen LogP contribution >= 0.6 is 0 Å². The van der Waals surface area contributed by atoms with E-state index in [1.165, 1.54) is 38.9 Å². The first-order chi connectivity index (χ1) is 6.74. The highest BCUT2D eigenvalue weighted by Crippen LogP contribution is 2.31. The maximum atomic E-state index is 2.69. The first kappa shape index (κ1) is 12.0. The molecule has 14 heavy (non-hydrogen) atoms. The molecule has 1 aliphatic carbocycles. The molecule has 2 aliphatic rings. The second kappa shape index (κ2) is 5.75. The van der Waals surface area contributed by atoms with E-state index in [4.69, 9.17) is 0 Å².